The lowest BCUT2D eigenvalue weighted by Gasteiger charge is -2.31. The normalized spacial score (nSPS) is 17.2. The van der Waals surface area contributed by atoms with Crippen molar-refractivity contribution in [3.05, 3.63) is 33.7 Å². The third kappa shape index (κ3) is 5.38. The molecule has 128 valence electrons. The number of carbonyl (C=O) groups is 1. The highest BCUT2D eigenvalue weighted by atomic mass is 19.4. The molecule has 1 saturated heterocycles. The van der Waals surface area contributed by atoms with Crippen LogP contribution < -0.4 is 5.56 Å². The van der Waals surface area contributed by atoms with Crippen LogP contribution in [0.3, 0.4) is 0 Å². The Hall–Kier alpha value is -1.83. The number of halogens is 3. The molecule has 0 amide bonds. The van der Waals surface area contributed by atoms with Gasteiger partial charge in [0.2, 0.25) is 0 Å². The smallest absolute Gasteiger partial charge is 0.401 e. The monoisotopic (exact) mass is 332 g/mol. The van der Waals surface area contributed by atoms with Crippen LogP contribution in [-0.4, -0.2) is 48.3 Å². The van der Waals surface area contributed by atoms with E-state index in [2.05, 4.69) is 4.98 Å². The highest BCUT2D eigenvalue weighted by molar-refractivity contribution is 5.88. The Morgan fingerprint density at radius 2 is 2.00 bits per heavy atom. The van der Waals surface area contributed by atoms with E-state index in [1.807, 2.05) is 0 Å². The molecular weight excluding hydrogens is 313 g/mol. The number of rotatable bonds is 4. The van der Waals surface area contributed by atoms with Crippen molar-refractivity contribution in [3.63, 3.8) is 0 Å². The van der Waals surface area contributed by atoms with Gasteiger partial charge in [0.15, 0.2) is 0 Å². The molecule has 1 aliphatic heterocycles. The summed E-state index contributed by atoms with van der Waals surface area (Å²) in [4.78, 5) is 27.4. The molecule has 23 heavy (non-hydrogen) atoms. The van der Waals surface area contributed by atoms with Crippen molar-refractivity contribution in [1.29, 1.82) is 0 Å². The number of nitrogens with one attached hydrogen (secondary N) is 1. The largest absolute Gasteiger partial charge is 0.462 e. The van der Waals surface area contributed by atoms with Crippen molar-refractivity contribution in [2.24, 2.45) is 5.92 Å². The summed E-state index contributed by atoms with van der Waals surface area (Å²) in [5.41, 5.74) is 0.0729. The van der Waals surface area contributed by atoms with Crippen molar-refractivity contribution in [1.82, 2.24) is 9.88 Å². The molecule has 0 atom stereocenters. The van der Waals surface area contributed by atoms with Gasteiger partial charge in [0, 0.05) is 5.69 Å². The standard InChI is InChI=1S/C15H19F3N2O3/c1-10-2-3-12(13(21)19-10)14(22)23-8-11-4-6-20(7-5-11)9-15(16,17)18/h2-3,11H,4-9H2,1H3,(H,19,21). The van der Waals surface area contributed by atoms with Gasteiger partial charge in [0.05, 0.1) is 13.2 Å². The van der Waals surface area contributed by atoms with Gasteiger partial charge in [-0.1, -0.05) is 0 Å². The van der Waals surface area contributed by atoms with Crippen LogP contribution in [0.5, 0.6) is 0 Å². The maximum Gasteiger partial charge on any atom is 0.401 e. The van der Waals surface area contributed by atoms with E-state index in [1.165, 1.54) is 11.0 Å². The quantitative estimate of drug-likeness (QED) is 0.858. The number of pyridine rings is 1. The summed E-state index contributed by atoms with van der Waals surface area (Å²) in [6.45, 7) is 1.56. The maximum atomic E-state index is 12.3. The summed E-state index contributed by atoms with van der Waals surface area (Å²) in [5.74, 6) is -0.683. The van der Waals surface area contributed by atoms with Crippen LogP contribution >= 0.6 is 0 Å². The summed E-state index contributed by atoms with van der Waals surface area (Å²) in [5, 5.41) is 0. The summed E-state index contributed by atoms with van der Waals surface area (Å²) in [6, 6.07) is 3.01. The Morgan fingerprint density at radius 3 is 2.57 bits per heavy atom. The number of piperidine rings is 1. The first-order valence-electron chi connectivity index (χ1n) is 7.41. The van der Waals surface area contributed by atoms with Crippen LogP contribution in [0.25, 0.3) is 0 Å². The summed E-state index contributed by atoms with van der Waals surface area (Å²) >= 11 is 0. The molecule has 8 heteroatoms. The van der Waals surface area contributed by atoms with Gasteiger partial charge in [-0.3, -0.25) is 9.69 Å². The third-order valence-electron chi connectivity index (χ3n) is 3.84. The number of ether oxygens (including phenoxy) is 1. The summed E-state index contributed by atoms with van der Waals surface area (Å²) in [7, 11) is 0. The molecule has 1 aliphatic rings. The van der Waals surface area contributed by atoms with Crippen LogP contribution in [0.1, 0.15) is 28.9 Å². The van der Waals surface area contributed by atoms with E-state index in [-0.39, 0.29) is 18.1 Å². The van der Waals surface area contributed by atoms with Crippen LogP contribution in [0.4, 0.5) is 13.2 Å². The average molecular weight is 332 g/mol. The number of likely N-dealkylation sites (tertiary alicyclic amines) is 1. The first kappa shape index (κ1) is 17.5. The van der Waals surface area contributed by atoms with Crippen molar-refractivity contribution >= 4 is 5.97 Å². The lowest BCUT2D eigenvalue weighted by atomic mass is 9.98. The zero-order chi connectivity index (χ0) is 17.0. The lowest BCUT2D eigenvalue weighted by molar-refractivity contribution is -0.148. The van der Waals surface area contributed by atoms with Gasteiger partial charge in [-0.25, -0.2) is 4.79 Å². The Morgan fingerprint density at radius 1 is 1.35 bits per heavy atom. The second-order valence-corrected chi connectivity index (χ2v) is 5.82. The predicted molar refractivity (Wildman–Crippen MR) is 77.3 cm³/mol. The number of aromatic amines is 1. The Labute approximate surface area is 131 Å². The number of hydrogen-bond acceptors (Lipinski definition) is 4. The van der Waals surface area contributed by atoms with E-state index >= 15 is 0 Å². The molecule has 0 bridgehead atoms. The van der Waals surface area contributed by atoms with Gasteiger partial charge in [-0.05, 0) is 50.9 Å². The van der Waals surface area contributed by atoms with Crippen molar-refractivity contribution in [3.8, 4) is 0 Å². The summed E-state index contributed by atoms with van der Waals surface area (Å²) < 4.78 is 42.0. The molecule has 2 heterocycles. The minimum absolute atomic E-state index is 0.0213. The first-order chi connectivity index (χ1) is 10.7. The van der Waals surface area contributed by atoms with Crippen LogP contribution in [0.15, 0.2) is 16.9 Å². The predicted octanol–water partition coefficient (Wildman–Crippen LogP) is 2.11. The van der Waals surface area contributed by atoms with E-state index in [0.29, 0.717) is 31.6 Å². The van der Waals surface area contributed by atoms with Crippen LogP contribution in [0.2, 0.25) is 0 Å². The number of H-pyrrole nitrogens is 1. The molecular formula is C15H19F3N2O3. The molecule has 1 N–H and O–H groups in total. The van der Waals surface area contributed by atoms with E-state index < -0.39 is 24.2 Å². The highest BCUT2D eigenvalue weighted by Gasteiger charge is 2.32. The van der Waals surface area contributed by atoms with Gasteiger partial charge < -0.3 is 9.72 Å². The van der Waals surface area contributed by atoms with Crippen molar-refractivity contribution < 1.29 is 22.7 Å². The molecule has 0 saturated carbocycles. The number of aromatic nitrogens is 1. The van der Waals surface area contributed by atoms with E-state index in [0.717, 1.165) is 0 Å². The van der Waals surface area contributed by atoms with Gasteiger partial charge in [0.25, 0.3) is 5.56 Å². The van der Waals surface area contributed by atoms with E-state index in [1.54, 1.807) is 13.0 Å². The second kappa shape index (κ2) is 7.16. The minimum atomic E-state index is -4.19. The van der Waals surface area contributed by atoms with Gasteiger partial charge in [-0.15, -0.1) is 0 Å². The number of aryl methyl sites for hydroxylation is 1. The Balaban J connectivity index is 1.79. The maximum absolute atomic E-state index is 12.3. The zero-order valence-electron chi connectivity index (χ0n) is 12.8. The number of alkyl halides is 3. The SMILES string of the molecule is Cc1ccc(C(=O)OCC2CCN(CC(F)(F)F)CC2)c(=O)[nH]1. The van der Waals surface area contributed by atoms with Crippen LogP contribution in [0, 0.1) is 12.8 Å². The van der Waals surface area contributed by atoms with Crippen molar-refractivity contribution in [2.45, 2.75) is 25.9 Å². The lowest BCUT2D eigenvalue weighted by Crippen LogP contribution is -2.41. The fraction of sp³-hybridized carbons (Fsp3) is 0.600. The first-order valence-corrected chi connectivity index (χ1v) is 7.41. The average Bonchev–Trinajstić information content (AvgIpc) is 2.44. The third-order valence-corrected chi connectivity index (χ3v) is 3.84. The summed E-state index contributed by atoms with van der Waals surface area (Å²) in [6.07, 6.45) is -3.12. The number of carbonyl (C=O) groups excluding carboxylic acids is 1. The molecule has 5 nitrogen and oxygen atoms in total. The molecule has 0 unspecified atom stereocenters. The molecule has 0 radical (unpaired) electrons. The fourth-order valence-corrected chi connectivity index (χ4v) is 2.57. The molecule has 1 aromatic heterocycles. The fourth-order valence-electron chi connectivity index (χ4n) is 2.57. The second-order valence-electron chi connectivity index (χ2n) is 5.82. The molecule has 1 aromatic rings. The van der Waals surface area contributed by atoms with E-state index in [4.69, 9.17) is 4.74 Å². The Bertz CT molecular complexity index is 605. The molecule has 0 aliphatic carbocycles. The van der Waals surface area contributed by atoms with Crippen LogP contribution in [-0.2, 0) is 4.74 Å². The highest BCUT2D eigenvalue weighted by Crippen LogP contribution is 2.22. The van der Waals surface area contributed by atoms with Gasteiger partial charge in [-0.2, -0.15) is 13.2 Å². The number of hydrogen-bond donors (Lipinski definition) is 1. The topological polar surface area (TPSA) is 62.4 Å². The van der Waals surface area contributed by atoms with Gasteiger partial charge >= 0.3 is 12.1 Å². The minimum Gasteiger partial charge on any atom is -0.462 e. The van der Waals surface area contributed by atoms with E-state index in [9.17, 15) is 22.8 Å². The van der Waals surface area contributed by atoms with Gasteiger partial charge in [0.1, 0.15) is 5.56 Å². The Kier molecular flexibility index (Phi) is 5.46. The zero-order valence-corrected chi connectivity index (χ0v) is 12.8. The molecule has 0 spiro atoms. The molecule has 1 fully saturated rings. The van der Waals surface area contributed by atoms with Crippen molar-refractivity contribution in [2.75, 3.05) is 26.2 Å². The molecule has 2 rings (SSSR count). The molecule has 0 aromatic carbocycles. The number of nitrogens with zero attached hydrogens (tertiary/aromatic N) is 1. The number of esters is 1.